The maximum absolute atomic E-state index is 12.1. The second-order valence-electron chi connectivity index (χ2n) is 5.87. The Morgan fingerprint density at radius 2 is 1.62 bits per heavy atom. The number of aliphatic carboxylic acids is 1. The third kappa shape index (κ3) is 7.31. The number of hydrogen-bond acceptors (Lipinski definition) is 5. The van der Waals surface area contributed by atoms with Crippen LogP contribution in [0, 0.1) is 0 Å². The molecular weight excluding hydrogens is 340 g/mol. The molecule has 1 rings (SSSR count). The molecule has 0 aromatic heterocycles. The van der Waals surface area contributed by atoms with Crippen LogP contribution < -0.4 is 21.7 Å². The number of amides is 3. The van der Waals surface area contributed by atoms with Crippen molar-refractivity contribution < 1.29 is 24.3 Å². The predicted octanol–water partition coefficient (Wildman–Crippen LogP) is -1.23. The van der Waals surface area contributed by atoms with Gasteiger partial charge in [-0.05, 0) is 25.8 Å². The van der Waals surface area contributed by atoms with Crippen LogP contribution in [0.1, 0.15) is 19.4 Å². The van der Waals surface area contributed by atoms with Crippen LogP contribution in [0.5, 0.6) is 0 Å². The summed E-state index contributed by atoms with van der Waals surface area (Å²) in [5.41, 5.74) is 6.74. The van der Waals surface area contributed by atoms with Gasteiger partial charge in [-0.2, -0.15) is 0 Å². The molecule has 3 atom stereocenters. The van der Waals surface area contributed by atoms with Crippen LogP contribution in [0.3, 0.4) is 0 Å². The lowest BCUT2D eigenvalue weighted by Gasteiger charge is -2.17. The molecule has 0 aliphatic heterocycles. The van der Waals surface area contributed by atoms with E-state index >= 15 is 0 Å². The van der Waals surface area contributed by atoms with E-state index in [1.54, 1.807) is 0 Å². The van der Waals surface area contributed by atoms with Gasteiger partial charge in [-0.15, -0.1) is 0 Å². The zero-order valence-electron chi connectivity index (χ0n) is 14.7. The average molecular weight is 364 g/mol. The number of carboxylic acids is 1. The van der Waals surface area contributed by atoms with Gasteiger partial charge in [0.15, 0.2) is 0 Å². The Balaban J connectivity index is 2.39. The highest BCUT2D eigenvalue weighted by molar-refractivity contribution is 5.92. The van der Waals surface area contributed by atoms with E-state index in [2.05, 4.69) is 16.0 Å². The first-order valence-electron chi connectivity index (χ1n) is 8.10. The van der Waals surface area contributed by atoms with Crippen molar-refractivity contribution in [1.82, 2.24) is 16.0 Å². The predicted molar refractivity (Wildman–Crippen MR) is 94.0 cm³/mol. The van der Waals surface area contributed by atoms with Gasteiger partial charge in [-0.25, -0.2) is 0 Å². The van der Waals surface area contributed by atoms with Crippen molar-refractivity contribution >= 4 is 23.7 Å². The topological polar surface area (TPSA) is 151 Å². The van der Waals surface area contributed by atoms with E-state index < -0.39 is 48.4 Å². The Bertz CT molecular complexity index is 650. The van der Waals surface area contributed by atoms with Gasteiger partial charge in [0.05, 0.1) is 12.6 Å². The molecule has 1 aromatic carbocycles. The lowest BCUT2D eigenvalue weighted by atomic mass is 10.1. The molecule has 0 saturated carbocycles. The first-order chi connectivity index (χ1) is 12.2. The van der Waals surface area contributed by atoms with Gasteiger partial charge in [0.25, 0.3) is 0 Å². The van der Waals surface area contributed by atoms with Gasteiger partial charge < -0.3 is 26.8 Å². The molecule has 3 unspecified atom stereocenters. The molecule has 9 nitrogen and oxygen atoms in total. The van der Waals surface area contributed by atoms with Crippen molar-refractivity contribution in [3.05, 3.63) is 35.9 Å². The first-order valence-corrected chi connectivity index (χ1v) is 8.10. The summed E-state index contributed by atoms with van der Waals surface area (Å²) in [6, 6.07) is 6.46. The largest absolute Gasteiger partial charge is 0.480 e. The maximum Gasteiger partial charge on any atom is 0.325 e. The smallest absolute Gasteiger partial charge is 0.325 e. The highest BCUT2D eigenvalue weighted by atomic mass is 16.4. The van der Waals surface area contributed by atoms with Gasteiger partial charge in [0.1, 0.15) is 12.1 Å². The van der Waals surface area contributed by atoms with Crippen molar-refractivity contribution in [2.24, 2.45) is 5.73 Å². The second kappa shape index (κ2) is 10.1. The zero-order valence-corrected chi connectivity index (χ0v) is 14.7. The minimum atomic E-state index is -1.18. The van der Waals surface area contributed by atoms with Crippen molar-refractivity contribution in [3.63, 3.8) is 0 Å². The number of benzene rings is 1. The molecule has 0 aliphatic carbocycles. The molecule has 0 spiro atoms. The van der Waals surface area contributed by atoms with Crippen molar-refractivity contribution in [3.8, 4) is 0 Å². The molecule has 1 aromatic rings. The summed E-state index contributed by atoms with van der Waals surface area (Å²) in [7, 11) is 0. The van der Waals surface area contributed by atoms with E-state index in [0.717, 1.165) is 5.56 Å². The molecular formula is C17H24N4O5. The molecule has 0 aliphatic rings. The third-order valence-corrected chi connectivity index (χ3v) is 3.56. The summed E-state index contributed by atoms with van der Waals surface area (Å²) >= 11 is 0. The van der Waals surface area contributed by atoms with Gasteiger partial charge in [0.2, 0.25) is 17.7 Å². The van der Waals surface area contributed by atoms with E-state index in [4.69, 9.17) is 10.8 Å². The number of rotatable bonds is 9. The van der Waals surface area contributed by atoms with Gasteiger partial charge in [-0.3, -0.25) is 19.2 Å². The summed E-state index contributed by atoms with van der Waals surface area (Å²) in [6.45, 7) is 2.37. The Morgan fingerprint density at radius 3 is 2.19 bits per heavy atom. The number of nitrogens with one attached hydrogen (secondary N) is 3. The van der Waals surface area contributed by atoms with E-state index in [9.17, 15) is 19.2 Å². The summed E-state index contributed by atoms with van der Waals surface area (Å²) in [6.07, 6.45) is 0.330. The normalized spacial score (nSPS) is 13.8. The highest BCUT2D eigenvalue weighted by Crippen LogP contribution is 2.02. The van der Waals surface area contributed by atoms with Crippen molar-refractivity contribution in [1.29, 1.82) is 0 Å². The fraction of sp³-hybridized carbons (Fsp3) is 0.412. The second-order valence-corrected chi connectivity index (χ2v) is 5.87. The van der Waals surface area contributed by atoms with Crippen LogP contribution in [-0.4, -0.2) is 53.5 Å². The summed E-state index contributed by atoms with van der Waals surface area (Å²) in [5, 5.41) is 15.7. The van der Waals surface area contributed by atoms with Gasteiger partial charge in [-0.1, -0.05) is 30.3 Å². The molecule has 0 heterocycles. The zero-order chi connectivity index (χ0) is 19.7. The highest BCUT2D eigenvalue weighted by Gasteiger charge is 2.21. The molecule has 6 N–H and O–H groups in total. The maximum atomic E-state index is 12.1. The van der Waals surface area contributed by atoms with E-state index in [1.807, 2.05) is 30.3 Å². The van der Waals surface area contributed by atoms with Crippen LogP contribution in [-0.2, 0) is 25.6 Å². The number of hydrogen-bond donors (Lipinski definition) is 5. The Labute approximate surface area is 151 Å². The minimum Gasteiger partial charge on any atom is -0.480 e. The van der Waals surface area contributed by atoms with Crippen molar-refractivity contribution in [2.75, 3.05) is 6.54 Å². The number of carbonyl (C=O) groups is 4. The van der Waals surface area contributed by atoms with Gasteiger partial charge >= 0.3 is 5.97 Å². The fourth-order valence-corrected chi connectivity index (χ4v) is 2.02. The minimum absolute atomic E-state index is 0.330. The number of nitrogens with two attached hydrogens (primary N) is 1. The molecule has 0 fully saturated rings. The molecule has 142 valence electrons. The van der Waals surface area contributed by atoms with Crippen LogP contribution in [0.4, 0.5) is 0 Å². The number of carboxylic acid groups (broad SMARTS) is 1. The van der Waals surface area contributed by atoms with Crippen LogP contribution in [0.25, 0.3) is 0 Å². The SMILES string of the molecule is CC(NC(=O)CNC(=O)C(C)NC(=O)C(N)Cc1ccccc1)C(=O)O. The Kier molecular flexibility index (Phi) is 8.23. The molecule has 0 saturated heterocycles. The van der Waals surface area contributed by atoms with E-state index in [1.165, 1.54) is 13.8 Å². The quantitative estimate of drug-likeness (QED) is 0.370. The summed E-state index contributed by atoms with van der Waals surface area (Å²) < 4.78 is 0. The first kappa shape index (κ1) is 21.1. The van der Waals surface area contributed by atoms with Crippen molar-refractivity contribution in [2.45, 2.75) is 38.4 Å². The monoisotopic (exact) mass is 364 g/mol. The fourth-order valence-electron chi connectivity index (χ4n) is 2.02. The third-order valence-electron chi connectivity index (χ3n) is 3.56. The Hall–Kier alpha value is -2.94. The van der Waals surface area contributed by atoms with Crippen LogP contribution >= 0.6 is 0 Å². The molecule has 26 heavy (non-hydrogen) atoms. The van der Waals surface area contributed by atoms with E-state index in [-0.39, 0.29) is 0 Å². The van der Waals surface area contributed by atoms with Crippen LogP contribution in [0.2, 0.25) is 0 Å². The molecule has 9 heteroatoms. The average Bonchev–Trinajstić information content (AvgIpc) is 2.60. The number of carbonyl (C=O) groups excluding carboxylic acids is 3. The lowest BCUT2D eigenvalue weighted by molar-refractivity contribution is -0.141. The van der Waals surface area contributed by atoms with E-state index in [0.29, 0.717) is 6.42 Å². The molecule has 0 bridgehead atoms. The Morgan fingerprint density at radius 1 is 1.00 bits per heavy atom. The summed E-state index contributed by atoms with van der Waals surface area (Å²) in [5.74, 6) is -2.89. The molecule has 3 amide bonds. The lowest BCUT2D eigenvalue weighted by Crippen LogP contribution is -2.52. The van der Waals surface area contributed by atoms with Crippen LogP contribution in [0.15, 0.2) is 30.3 Å². The standard InChI is InChI=1S/C17H24N4O5/c1-10(15(23)19-9-14(22)20-11(2)17(25)26)21-16(24)13(18)8-12-6-4-3-5-7-12/h3-7,10-11,13H,8-9,18H2,1-2H3,(H,19,23)(H,20,22)(H,21,24)(H,25,26). The van der Waals surface area contributed by atoms with Gasteiger partial charge in [0, 0.05) is 0 Å². The molecule has 0 radical (unpaired) electrons. The summed E-state index contributed by atoms with van der Waals surface area (Å²) in [4.78, 5) is 46.1.